The molecule has 0 saturated heterocycles. The summed E-state index contributed by atoms with van der Waals surface area (Å²) in [5.74, 6) is 1.48. The van der Waals surface area contributed by atoms with Gasteiger partial charge in [0.25, 0.3) is 0 Å². The molecule has 2 nitrogen and oxygen atoms in total. The summed E-state index contributed by atoms with van der Waals surface area (Å²) in [7, 11) is 0. The SMILES string of the molecule is CC1Cc2c(ccc3c4c(ccc23)OC(c2ccccc2)(c2cccc(F)c2)C=C4)O1. The van der Waals surface area contributed by atoms with Gasteiger partial charge in [0.2, 0.25) is 0 Å². The summed E-state index contributed by atoms with van der Waals surface area (Å²) in [6, 6.07) is 24.9. The number of ether oxygens (including phenoxy) is 2. The molecule has 2 aliphatic rings. The van der Waals surface area contributed by atoms with E-state index in [0.29, 0.717) is 0 Å². The molecule has 0 radical (unpaired) electrons. The largest absolute Gasteiger partial charge is 0.490 e. The molecular formula is C28H21FO2. The van der Waals surface area contributed by atoms with E-state index in [9.17, 15) is 4.39 Å². The molecule has 0 bridgehead atoms. The van der Waals surface area contributed by atoms with Gasteiger partial charge in [-0.3, -0.25) is 0 Å². The second-order valence-electron chi connectivity index (χ2n) is 8.29. The second kappa shape index (κ2) is 6.71. The van der Waals surface area contributed by atoms with Gasteiger partial charge >= 0.3 is 0 Å². The number of halogens is 1. The number of rotatable bonds is 2. The molecule has 4 aromatic rings. The molecule has 0 amide bonds. The molecule has 31 heavy (non-hydrogen) atoms. The van der Waals surface area contributed by atoms with Crippen molar-refractivity contribution in [3.05, 3.63) is 113 Å². The second-order valence-corrected chi connectivity index (χ2v) is 8.29. The molecule has 0 fully saturated rings. The van der Waals surface area contributed by atoms with E-state index in [-0.39, 0.29) is 11.9 Å². The zero-order valence-electron chi connectivity index (χ0n) is 17.1. The summed E-state index contributed by atoms with van der Waals surface area (Å²) in [6.45, 7) is 2.10. The fourth-order valence-electron chi connectivity index (χ4n) is 4.87. The minimum absolute atomic E-state index is 0.196. The van der Waals surface area contributed by atoms with Crippen LogP contribution in [0.1, 0.15) is 29.2 Å². The van der Waals surface area contributed by atoms with Crippen molar-refractivity contribution in [1.82, 2.24) is 0 Å². The van der Waals surface area contributed by atoms with E-state index < -0.39 is 5.60 Å². The van der Waals surface area contributed by atoms with E-state index >= 15 is 0 Å². The first-order chi connectivity index (χ1) is 15.1. The van der Waals surface area contributed by atoms with Crippen molar-refractivity contribution >= 4 is 16.8 Å². The summed E-state index contributed by atoms with van der Waals surface area (Å²) < 4.78 is 26.8. The van der Waals surface area contributed by atoms with Gasteiger partial charge in [-0.15, -0.1) is 0 Å². The molecule has 152 valence electrons. The lowest BCUT2D eigenvalue weighted by atomic mass is 9.83. The molecule has 0 spiro atoms. The first-order valence-corrected chi connectivity index (χ1v) is 10.6. The van der Waals surface area contributed by atoms with Gasteiger partial charge in [0.1, 0.15) is 23.4 Å². The van der Waals surface area contributed by atoms with Crippen LogP contribution < -0.4 is 9.47 Å². The van der Waals surface area contributed by atoms with Crippen molar-refractivity contribution in [2.24, 2.45) is 0 Å². The number of hydrogen-bond acceptors (Lipinski definition) is 2. The first-order valence-electron chi connectivity index (χ1n) is 10.6. The average molecular weight is 408 g/mol. The molecule has 2 aliphatic heterocycles. The van der Waals surface area contributed by atoms with Gasteiger partial charge in [0.15, 0.2) is 5.60 Å². The Morgan fingerprint density at radius 1 is 0.839 bits per heavy atom. The third kappa shape index (κ3) is 2.77. The van der Waals surface area contributed by atoms with Crippen LogP contribution in [-0.4, -0.2) is 6.10 Å². The lowest BCUT2D eigenvalue weighted by molar-refractivity contribution is 0.161. The van der Waals surface area contributed by atoms with Crippen LogP contribution in [0.3, 0.4) is 0 Å². The molecule has 4 aromatic carbocycles. The lowest BCUT2D eigenvalue weighted by Crippen LogP contribution is -2.34. The quantitative estimate of drug-likeness (QED) is 0.370. The zero-order valence-corrected chi connectivity index (χ0v) is 17.1. The smallest absolute Gasteiger partial charge is 0.178 e. The minimum Gasteiger partial charge on any atom is -0.490 e. The normalized spacial score (nSPS) is 21.3. The van der Waals surface area contributed by atoms with Crippen LogP contribution >= 0.6 is 0 Å². The van der Waals surface area contributed by atoms with Crippen LogP contribution in [0, 0.1) is 5.82 Å². The van der Waals surface area contributed by atoms with Crippen molar-refractivity contribution < 1.29 is 13.9 Å². The molecule has 6 rings (SSSR count). The zero-order chi connectivity index (χ0) is 21.0. The topological polar surface area (TPSA) is 18.5 Å². The maximum absolute atomic E-state index is 14.2. The molecule has 3 heteroatoms. The molecule has 2 heterocycles. The molecule has 0 saturated carbocycles. The van der Waals surface area contributed by atoms with Crippen molar-refractivity contribution in [2.45, 2.75) is 25.0 Å². The van der Waals surface area contributed by atoms with Crippen LogP contribution in [0.4, 0.5) is 4.39 Å². The standard InChI is InChI=1S/C28H21FO2/c1-18-16-25-23-11-13-27-24(22(23)10-12-26(25)30-18)14-15-28(31-27,19-6-3-2-4-7-19)20-8-5-9-21(29)17-20/h2-15,17-18H,16H2,1H3. The number of fused-ring (bicyclic) bond motifs is 5. The minimum atomic E-state index is -0.890. The van der Waals surface area contributed by atoms with Crippen LogP contribution in [-0.2, 0) is 12.0 Å². The highest BCUT2D eigenvalue weighted by Crippen LogP contribution is 2.46. The van der Waals surface area contributed by atoms with Gasteiger partial charge in [-0.2, -0.15) is 0 Å². The van der Waals surface area contributed by atoms with Gasteiger partial charge in [-0.05, 0) is 60.2 Å². The van der Waals surface area contributed by atoms with Crippen molar-refractivity contribution in [1.29, 1.82) is 0 Å². The van der Waals surface area contributed by atoms with E-state index in [1.165, 1.54) is 17.0 Å². The highest BCUT2D eigenvalue weighted by molar-refractivity contribution is 5.97. The Balaban J connectivity index is 1.55. The van der Waals surface area contributed by atoms with Gasteiger partial charge in [-0.25, -0.2) is 4.39 Å². The monoisotopic (exact) mass is 408 g/mol. The van der Waals surface area contributed by atoms with Gasteiger partial charge < -0.3 is 9.47 Å². The highest BCUT2D eigenvalue weighted by Gasteiger charge is 2.37. The Bertz CT molecular complexity index is 1340. The first kappa shape index (κ1) is 18.2. The molecule has 0 aliphatic carbocycles. The predicted octanol–water partition coefficient (Wildman–Crippen LogP) is 6.65. The van der Waals surface area contributed by atoms with Crippen molar-refractivity contribution in [3.63, 3.8) is 0 Å². The fourth-order valence-corrected chi connectivity index (χ4v) is 4.87. The lowest BCUT2D eigenvalue weighted by Gasteiger charge is -2.36. The molecule has 2 unspecified atom stereocenters. The molecule has 0 N–H and O–H groups in total. The van der Waals surface area contributed by atoms with Crippen molar-refractivity contribution in [2.75, 3.05) is 0 Å². The van der Waals surface area contributed by atoms with E-state index in [0.717, 1.165) is 40.0 Å². The Morgan fingerprint density at radius 3 is 2.45 bits per heavy atom. The highest BCUT2D eigenvalue weighted by atomic mass is 19.1. The Labute approximate surface area is 180 Å². The van der Waals surface area contributed by atoms with Crippen LogP contribution in [0.2, 0.25) is 0 Å². The van der Waals surface area contributed by atoms with Crippen LogP contribution in [0.25, 0.3) is 16.8 Å². The summed E-state index contributed by atoms with van der Waals surface area (Å²) in [5, 5.41) is 2.35. The van der Waals surface area contributed by atoms with E-state index in [1.807, 2.05) is 48.5 Å². The fraction of sp³-hybridized carbons (Fsp3) is 0.143. The van der Waals surface area contributed by atoms with Gasteiger partial charge in [0.05, 0.1) is 0 Å². The Kier molecular flexibility index (Phi) is 3.94. The average Bonchev–Trinajstić information content (AvgIpc) is 3.19. The summed E-state index contributed by atoms with van der Waals surface area (Å²) in [4.78, 5) is 0. The Hall–Kier alpha value is -3.59. The third-order valence-corrected chi connectivity index (χ3v) is 6.30. The predicted molar refractivity (Wildman–Crippen MR) is 121 cm³/mol. The Morgan fingerprint density at radius 2 is 1.61 bits per heavy atom. The van der Waals surface area contributed by atoms with Gasteiger partial charge in [0, 0.05) is 28.7 Å². The maximum atomic E-state index is 14.2. The third-order valence-electron chi connectivity index (χ3n) is 6.30. The van der Waals surface area contributed by atoms with Crippen LogP contribution in [0.5, 0.6) is 11.5 Å². The van der Waals surface area contributed by atoms with Crippen LogP contribution in [0.15, 0.2) is 84.9 Å². The summed E-state index contributed by atoms with van der Waals surface area (Å²) in [5.41, 5.74) is 3.13. The van der Waals surface area contributed by atoms with Crippen molar-refractivity contribution in [3.8, 4) is 11.5 Å². The maximum Gasteiger partial charge on any atom is 0.178 e. The number of hydrogen-bond donors (Lipinski definition) is 0. The summed E-state index contributed by atoms with van der Waals surface area (Å²) >= 11 is 0. The number of benzene rings is 4. The van der Waals surface area contributed by atoms with E-state index in [1.54, 1.807) is 12.1 Å². The van der Waals surface area contributed by atoms with E-state index in [4.69, 9.17) is 9.47 Å². The summed E-state index contributed by atoms with van der Waals surface area (Å²) in [6.07, 6.45) is 5.27. The molecular weight excluding hydrogens is 387 g/mol. The molecule has 0 aromatic heterocycles. The molecule has 2 atom stereocenters. The van der Waals surface area contributed by atoms with E-state index in [2.05, 4.69) is 31.2 Å². The van der Waals surface area contributed by atoms with Gasteiger partial charge in [-0.1, -0.05) is 48.5 Å².